The molecule has 1 fully saturated rings. The first-order valence-corrected chi connectivity index (χ1v) is 5.74. The van der Waals surface area contributed by atoms with Crippen LogP contribution in [0.25, 0.3) is 10.4 Å². The van der Waals surface area contributed by atoms with Gasteiger partial charge in [0.05, 0.1) is 0 Å². The van der Waals surface area contributed by atoms with Gasteiger partial charge in [-0.15, -0.1) is 6.58 Å². The first-order chi connectivity index (χ1) is 7.60. The Bertz CT molecular complexity index is 320. The van der Waals surface area contributed by atoms with Gasteiger partial charge in [0.15, 0.2) is 0 Å². The maximum atomic E-state index is 11.4. The summed E-state index contributed by atoms with van der Waals surface area (Å²) in [6, 6.07) is 0. The fourth-order valence-electron chi connectivity index (χ4n) is 2.66. The van der Waals surface area contributed by atoms with Gasteiger partial charge < -0.3 is 0 Å². The van der Waals surface area contributed by atoms with Gasteiger partial charge in [0.25, 0.3) is 0 Å². The van der Waals surface area contributed by atoms with E-state index >= 15 is 0 Å². The fourth-order valence-corrected chi connectivity index (χ4v) is 2.66. The van der Waals surface area contributed by atoms with E-state index in [9.17, 15) is 4.79 Å². The van der Waals surface area contributed by atoms with Crippen LogP contribution in [0.15, 0.2) is 17.8 Å². The minimum absolute atomic E-state index is 0.168. The van der Waals surface area contributed by atoms with E-state index in [1.807, 2.05) is 6.08 Å². The Morgan fingerprint density at radius 2 is 2.38 bits per heavy atom. The molecule has 4 unspecified atom stereocenters. The highest BCUT2D eigenvalue weighted by molar-refractivity contribution is 5.78. The smallest absolute Gasteiger partial charge is 0.132 e. The lowest BCUT2D eigenvalue weighted by molar-refractivity contribution is -0.120. The summed E-state index contributed by atoms with van der Waals surface area (Å²) in [5, 5.41) is 3.62. The van der Waals surface area contributed by atoms with E-state index in [2.05, 4.69) is 23.5 Å². The number of hydrogen-bond donors (Lipinski definition) is 0. The lowest BCUT2D eigenvalue weighted by Crippen LogP contribution is -2.17. The molecule has 0 aliphatic heterocycles. The molecular weight excluding hydrogens is 202 g/mol. The molecule has 1 aliphatic rings. The third-order valence-electron chi connectivity index (χ3n) is 3.70. The molecule has 0 heterocycles. The van der Waals surface area contributed by atoms with Crippen LogP contribution in [0.5, 0.6) is 0 Å². The molecule has 0 radical (unpaired) electrons. The molecule has 88 valence electrons. The number of allylic oxidation sites excluding steroid dienone is 1. The molecule has 4 atom stereocenters. The molecule has 0 amide bonds. The summed E-state index contributed by atoms with van der Waals surface area (Å²) in [5.74, 6) is 1.57. The second kappa shape index (κ2) is 5.71. The van der Waals surface area contributed by atoms with E-state index in [0.29, 0.717) is 24.3 Å². The van der Waals surface area contributed by atoms with Crippen LogP contribution in [0.4, 0.5) is 0 Å². The number of Topliss-reactive ketones (excluding diaryl/α,β-unsaturated/α-hetero) is 1. The molecule has 0 N–H and O–H groups in total. The van der Waals surface area contributed by atoms with E-state index < -0.39 is 0 Å². The second-order valence-electron chi connectivity index (χ2n) is 4.73. The van der Waals surface area contributed by atoms with E-state index in [-0.39, 0.29) is 11.7 Å². The van der Waals surface area contributed by atoms with Crippen molar-refractivity contribution in [2.45, 2.75) is 26.7 Å². The minimum Gasteiger partial charge on any atom is -0.300 e. The van der Waals surface area contributed by atoms with Gasteiger partial charge in [0, 0.05) is 17.4 Å². The Balaban J connectivity index is 2.67. The zero-order valence-corrected chi connectivity index (χ0v) is 9.97. The van der Waals surface area contributed by atoms with Crippen molar-refractivity contribution in [3.05, 3.63) is 23.1 Å². The van der Waals surface area contributed by atoms with Gasteiger partial charge in [-0.1, -0.05) is 18.1 Å². The Morgan fingerprint density at radius 3 is 2.88 bits per heavy atom. The third kappa shape index (κ3) is 2.86. The summed E-state index contributed by atoms with van der Waals surface area (Å²) in [7, 11) is 0. The Hall–Kier alpha value is -1.28. The van der Waals surface area contributed by atoms with Gasteiger partial charge in [0.2, 0.25) is 0 Å². The highest BCUT2D eigenvalue weighted by Crippen LogP contribution is 2.41. The molecule has 1 saturated carbocycles. The highest BCUT2D eigenvalue weighted by Gasteiger charge is 2.37. The van der Waals surface area contributed by atoms with Crippen LogP contribution in [-0.2, 0) is 4.79 Å². The monoisotopic (exact) mass is 221 g/mol. The Kier molecular flexibility index (Phi) is 4.56. The lowest BCUT2D eigenvalue weighted by atomic mass is 9.85. The van der Waals surface area contributed by atoms with Crippen molar-refractivity contribution in [3.8, 4) is 0 Å². The van der Waals surface area contributed by atoms with Gasteiger partial charge in [-0.3, -0.25) is 4.79 Å². The molecule has 0 bridgehead atoms. The van der Waals surface area contributed by atoms with E-state index in [0.717, 1.165) is 12.8 Å². The van der Waals surface area contributed by atoms with Crippen molar-refractivity contribution in [3.63, 3.8) is 0 Å². The van der Waals surface area contributed by atoms with Crippen molar-refractivity contribution in [2.24, 2.45) is 28.8 Å². The van der Waals surface area contributed by atoms with Crippen LogP contribution in [0.2, 0.25) is 0 Å². The van der Waals surface area contributed by atoms with Crippen molar-refractivity contribution in [1.29, 1.82) is 0 Å². The second-order valence-corrected chi connectivity index (χ2v) is 4.73. The quantitative estimate of drug-likeness (QED) is 0.304. The van der Waals surface area contributed by atoms with Crippen molar-refractivity contribution >= 4 is 5.78 Å². The SMILES string of the molecule is C=CC1CC(C(C)=O)CC1C(C)CN=[N+]=[N-]. The number of carbonyl (C=O) groups excluding carboxylic acids is 1. The highest BCUT2D eigenvalue weighted by atomic mass is 16.1. The van der Waals surface area contributed by atoms with E-state index in [1.165, 1.54) is 0 Å². The molecule has 4 heteroatoms. The van der Waals surface area contributed by atoms with Crippen LogP contribution in [0.1, 0.15) is 26.7 Å². The molecule has 0 aromatic rings. The van der Waals surface area contributed by atoms with Crippen LogP contribution in [0.3, 0.4) is 0 Å². The summed E-state index contributed by atoms with van der Waals surface area (Å²) in [4.78, 5) is 14.2. The zero-order chi connectivity index (χ0) is 12.1. The van der Waals surface area contributed by atoms with Gasteiger partial charge in [0.1, 0.15) is 5.78 Å². The molecular formula is C12H19N3O. The third-order valence-corrected chi connectivity index (χ3v) is 3.70. The van der Waals surface area contributed by atoms with Gasteiger partial charge >= 0.3 is 0 Å². The average molecular weight is 221 g/mol. The van der Waals surface area contributed by atoms with E-state index in [4.69, 9.17) is 5.53 Å². The predicted octanol–water partition coefficient (Wildman–Crippen LogP) is 3.35. The largest absolute Gasteiger partial charge is 0.300 e. The van der Waals surface area contributed by atoms with Crippen LogP contribution in [0, 0.1) is 23.7 Å². The summed E-state index contributed by atoms with van der Waals surface area (Å²) in [6.45, 7) is 8.08. The van der Waals surface area contributed by atoms with Gasteiger partial charge in [-0.25, -0.2) is 0 Å². The zero-order valence-electron chi connectivity index (χ0n) is 9.97. The first-order valence-electron chi connectivity index (χ1n) is 5.74. The fraction of sp³-hybridized carbons (Fsp3) is 0.750. The maximum Gasteiger partial charge on any atom is 0.132 e. The van der Waals surface area contributed by atoms with Crippen LogP contribution < -0.4 is 0 Å². The lowest BCUT2D eigenvalue weighted by Gasteiger charge is -2.21. The summed E-state index contributed by atoms with van der Waals surface area (Å²) < 4.78 is 0. The van der Waals surface area contributed by atoms with Gasteiger partial charge in [-0.05, 0) is 43.1 Å². The number of azide groups is 1. The molecule has 4 nitrogen and oxygen atoms in total. The summed E-state index contributed by atoms with van der Waals surface area (Å²) in [5.41, 5.74) is 8.31. The number of hydrogen-bond acceptors (Lipinski definition) is 2. The molecule has 1 aliphatic carbocycles. The summed E-state index contributed by atoms with van der Waals surface area (Å²) in [6.07, 6.45) is 3.76. The first kappa shape index (κ1) is 12.8. The van der Waals surface area contributed by atoms with Crippen LogP contribution >= 0.6 is 0 Å². The van der Waals surface area contributed by atoms with E-state index in [1.54, 1.807) is 6.92 Å². The topological polar surface area (TPSA) is 65.8 Å². The number of nitrogens with zero attached hydrogens (tertiary/aromatic N) is 3. The number of ketones is 1. The van der Waals surface area contributed by atoms with Crippen LogP contribution in [-0.4, -0.2) is 12.3 Å². The van der Waals surface area contributed by atoms with Crippen molar-refractivity contribution < 1.29 is 4.79 Å². The Morgan fingerprint density at radius 1 is 1.69 bits per heavy atom. The Labute approximate surface area is 96.4 Å². The molecule has 0 aromatic heterocycles. The molecule has 0 aromatic carbocycles. The number of rotatable bonds is 5. The molecule has 0 saturated heterocycles. The molecule has 1 rings (SSSR count). The van der Waals surface area contributed by atoms with Gasteiger partial charge in [-0.2, -0.15) is 0 Å². The number of carbonyl (C=O) groups is 1. The molecule has 16 heavy (non-hydrogen) atoms. The minimum atomic E-state index is 0.168. The standard InChI is InChI=1S/C12H19N3O/c1-4-10-5-11(9(3)16)6-12(10)8(2)7-14-15-13/h4,8,10-12H,1,5-7H2,2-3H3. The maximum absolute atomic E-state index is 11.4. The predicted molar refractivity (Wildman–Crippen MR) is 63.8 cm³/mol. The normalized spacial score (nSPS) is 30.5. The molecule has 0 spiro atoms. The van der Waals surface area contributed by atoms with Crippen molar-refractivity contribution in [2.75, 3.05) is 6.54 Å². The average Bonchev–Trinajstić information content (AvgIpc) is 2.69. The summed E-state index contributed by atoms with van der Waals surface area (Å²) >= 11 is 0. The van der Waals surface area contributed by atoms with Crippen molar-refractivity contribution in [1.82, 2.24) is 0 Å².